The second kappa shape index (κ2) is 8.85. The van der Waals surface area contributed by atoms with E-state index in [2.05, 4.69) is 0 Å². The van der Waals surface area contributed by atoms with Gasteiger partial charge in [0.1, 0.15) is 13.2 Å². The summed E-state index contributed by atoms with van der Waals surface area (Å²) < 4.78 is 9.54. The fraction of sp³-hybridized carbons (Fsp3) is 0.429. The molecule has 0 bridgehead atoms. The smallest absolute Gasteiger partial charge is 0.404 e. The van der Waals surface area contributed by atoms with Gasteiger partial charge in [-0.15, -0.1) is 0 Å². The summed E-state index contributed by atoms with van der Waals surface area (Å²) in [5.41, 5.74) is 12.7. The lowest BCUT2D eigenvalue weighted by atomic mass is 9.95. The quantitative estimate of drug-likeness (QED) is 0.529. The van der Waals surface area contributed by atoms with Crippen LogP contribution in [-0.2, 0) is 35.5 Å². The molecule has 0 saturated heterocycles. The SMILES string of the molecule is NC(=O)OCc1cc(COC(N)=O)c(CCO)cc1CCO. The third-order valence-corrected chi connectivity index (χ3v) is 3.02. The van der Waals surface area contributed by atoms with Gasteiger partial charge in [-0.25, -0.2) is 9.59 Å². The first-order valence-electron chi connectivity index (χ1n) is 6.67. The topological polar surface area (TPSA) is 145 Å². The molecule has 8 heteroatoms. The molecule has 0 heterocycles. The molecule has 1 aromatic carbocycles. The first-order valence-corrected chi connectivity index (χ1v) is 6.67. The van der Waals surface area contributed by atoms with Crippen molar-refractivity contribution in [2.75, 3.05) is 13.2 Å². The Bertz CT molecular complexity index is 489. The van der Waals surface area contributed by atoms with Crippen molar-refractivity contribution in [3.8, 4) is 0 Å². The number of nitrogens with two attached hydrogens (primary N) is 2. The number of primary amides is 2. The van der Waals surface area contributed by atoms with Crippen molar-refractivity contribution in [1.82, 2.24) is 0 Å². The monoisotopic (exact) mass is 312 g/mol. The van der Waals surface area contributed by atoms with Crippen molar-refractivity contribution in [1.29, 1.82) is 0 Å². The molecule has 6 N–H and O–H groups in total. The summed E-state index contributed by atoms with van der Waals surface area (Å²) in [5, 5.41) is 18.2. The van der Waals surface area contributed by atoms with E-state index in [0.29, 0.717) is 24.0 Å². The van der Waals surface area contributed by atoms with Crippen molar-refractivity contribution < 1.29 is 29.3 Å². The fourth-order valence-electron chi connectivity index (χ4n) is 2.06. The normalized spacial score (nSPS) is 10.3. The average molecular weight is 312 g/mol. The van der Waals surface area contributed by atoms with Crippen molar-refractivity contribution >= 4 is 12.2 Å². The van der Waals surface area contributed by atoms with Gasteiger partial charge in [0.25, 0.3) is 0 Å². The predicted octanol–water partition coefficient (Wildman–Crippen LogP) is -0.0532. The third-order valence-electron chi connectivity index (χ3n) is 3.02. The predicted molar refractivity (Wildman–Crippen MR) is 76.8 cm³/mol. The fourth-order valence-corrected chi connectivity index (χ4v) is 2.06. The summed E-state index contributed by atoms with van der Waals surface area (Å²) in [7, 11) is 0. The van der Waals surface area contributed by atoms with Gasteiger partial charge in [0.15, 0.2) is 0 Å². The Hall–Kier alpha value is -2.32. The number of benzene rings is 1. The summed E-state index contributed by atoms with van der Waals surface area (Å²) in [4.78, 5) is 21.5. The number of hydrogen-bond acceptors (Lipinski definition) is 6. The molecule has 0 radical (unpaired) electrons. The van der Waals surface area contributed by atoms with E-state index in [4.69, 9.17) is 31.2 Å². The molecule has 2 amide bonds. The molecule has 0 unspecified atom stereocenters. The molecule has 22 heavy (non-hydrogen) atoms. The molecule has 0 saturated carbocycles. The van der Waals surface area contributed by atoms with Crippen LogP contribution in [0.3, 0.4) is 0 Å². The molecule has 0 aliphatic carbocycles. The van der Waals surface area contributed by atoms with Crippen LogP contribution < -0.4 is 11.5 Å². The van der Waals surface area contributed by atoms with Crippen molar-refractivity contribution in [2.45, 2.75) is 26.1 Å². The average Bonchev–Trinajstić information content (AvgIpc) is 2.45. The molecule has 8 nitrogen and oxygen atoms in total. The zero-order chi connectivity index (χ0) is 16.5. The molecule has 0 aliphatic rings. The van der Waals surface area contributed by atoms with Gasteiger partial charge in [0.05, 0.1) is 0 Å². The number of ether oxygens (including phenoxy) is 2. The van der Waals surface area contributed by atoms with E-state index >= 15 is 0 Å². The minimum absolute atomic E-state index is 0.0619. The molecular weight excluding hydrogens is 292 g/mol. The number of aliphatic hydroxyl groups excluding tert-OH is 2. The maximum atomic E-state index is 10.7. The number of carbonyl (C=O) groups excluding carboxylic acids is 2. The Morgan fingerprint density at radius 1 is 0.818 bits per heavy atom. The lowest BCUT2D eigenvalue weighted by Crippen LogP contribution is -2.16. The van der Waals surface area contributed by atoms with Crippen molar-refractivity contribution in [3.05, 3.63) is 34.4 Å². The molecule has 0 spiro atoms. The zero-order valence-corrected chi connectivity index (χ0v) is 12.1. The van der Waals surface area contributed by atoms with Gasteiger partial charge in [-0.3, -0.25) is 0 Å². The number of carbonyl (C=O) groups is 2. The summed E-state index contributed by atoms with van der Waals surface area (Å²) >= 11 is 0. The maximum absolute atomic E-state index is 10.7. The molecule has 1 rings (SSSR count). The largest absolute Gasteiger partial charge is 0.445 e. The van der Waals surface area contributed by atoms with E-state index in [1.807, 2.05) is 0 Å². The number of rotatable bonds is 8. The summed E-state index contributed by atoms with van der Waals surface area (Å²) in [6.07, 6.45) is -1.12. The van der Waals surface area contributed by atoms with E-state index in [-0.39, 0.29) is 26.4 Å². The van der Waals surface area contributed by atoms with E-state index < -0.39 is 12.2 Å². The van der Waals surface area contributed by atoms with Gasteiger partial charge < -0.3 is 31.2 Å². The Labute approximate surface area is 127 Å². The lowest BCUT2D eigenvalue weighted by molar-refractivity contribution is 0.148. The van der Waals surface area contributed by atoms with E-state index in [1.54, 1.807) is 12.1 Å². The Morgan fingerprint density at radius 2 is 1.18 bits per heavy atom. The van der Waals surface area contributed by atoms with E-state index in [9.17, 15) is 9.59 Å². The molecule has 0 fully saturated rings. The van der Waals surface area contributed by atoms with Gasteiger partial charge in [0.2, 0.25) is 0 Å². The van der Waals surface area contributed by atoms with Gasteiger partial charge in [-0.2, -0.15) is 0 Å². The van der Waals surface area contributed by atoms with Crippen LogP contribution >= 0.6 is 0 Å². The van der Waals surface area contributed by atoms with Crippen LogP contribution in [-0.4, -0.2) is 35.6 Å². The van der Waals surface area contributed by atoms with Crippen LogP contribution in [0.2, 0.25) is 0 Å². The molecule has 0 aliphatic heterocycles. The molecule has 1 aromatic rings. The van der Waals surface area contributed by atoms with Crippen LogP contribution in [0.4, 0.5) is 9.59 Å². The van der Waals surface area contributed by atoms with E-state index in [0.717, 1.165) is 11.1 Å². The Balaban J connectivity index is 3.12. The summed E-state index contributed by atoms with van der Waals surface area (Å²) in [6, 6.07) is 3.45. The highest BCUT2D eigenvalue weighted by Crippen LogP contribution is 2.21. The number of aliphatic hydroxyl groups is 2. The number of amides is 2. The lowest BCUT2D eigenvalue weighted by Gasteiger charge is -2.15. The van der Waals surface area contributed by atoms with Gasteiger partial charge in [-0.05, 0) is 41.2 Å². The van der Waals surface area contributed by atoms with Crippen LogP contribution in [0.15, 0.2) is 12.1 Å². The summed E-state index contributed by atoms with van der Waals surface area (Å²) in [5.74, 6) is 0. The van der Waals surface area contributed by atoms with Crippen LogP contribution in [0, 0.1) is 0 Å². The summed E-state index contributed by atoms with van der Waals surface area (Å²) in [6.45, 7) is -0.292. The highest BCUT2D eigenvalue weighted by molar-refractivity contribution is 5.65. The van der Waals surface area contributed by atoms with E-state index in [1.165, 1.54) is 0 Å². The first kappa shape index (κ1) is 17.7. The highest BCUT2D eigenvalue weighted by atomic mass is 16.5. The zero-order valence-electron chi connectivity index (χ0n) is 12.1. The minimum Gasteiger partial charge on any atom is -0.445 e. The van der Waals surface area contributed by atoms with Gasteiger partial charge >= 0.3 is 12.2 Å². The maximum Gasteiger partial charge on any atom is 0.404 e. The molecule has 122 valence electrons. The molecule has 0 atom stereocenters. The first-order chi connectivity index (χ1) is 10.5. The second-order valence-corrected chi connectivity index (χ2v) is 4.55. The molecular formula is C14H20N2O6. The number of hydrogen-bond donors (Lipinski definition) is 4. The van der Waals surface area contributed by atoms with Crippen LogP contribution in [0.25, 0.3) is 0 Å². The highest BCUT2D eigenvalue weighted by Gasteiger charge is 2.12. The van der Waals surface area contributed by atoms with Gasteiger partial charge in [-0.1, -0.05) is 6.07 Å². The molecule has 0 aromatic heterocycles. The van der Waals surface area contributed by atoms with Crippen LogP contribution in [0.1, 0.15) is 22.3 Å². The van der Waals surface area contributed by atoms with Crippen LogP contribution in [0.5, 0.6) is 0 Å². The van der Waals surface area contributed by atoms with Crippen molar-refractivity contribution in [2.24, 2.45) is 11.5 Å². The van der Waals surface area contributed by atoms with Crippen molar-refractivity contribution in [3.63, 3.8) is 0 Å². The standard InChI is InChI=1S/C14H20N2O6/c15-13(19)21-7-11-6-12(8-22-14(16)20)10(2-4-18)5-9(11)1-3-17/h5-6,17-18H,1-4,7-8H2,(H2,15,19)(H2,16,20). The Kier molecular flexibility index (Phi) is 7.14. The second-order valence-electron chi connectivity index (χ2n) is 4.55. The third kappa shape index (κ3) is 5.58. The minimum atomic E-state index is -0.913. The van der Waals surface area contributed by atoms with Gasteiger partial charge in [0, 0.05) is 13.2 Å². The Morgan fingerprint density at radius 3 is 1.50 bits per heavy atom.